The van der Waals surface area contributed by atoms with Gasteiger partial charge in [0, 0.05) is 37.4 Å². The Hall–Kier alpha value is -4.18. The van der Waals surface area contributed by atoms with Crippen LogP contribution in [-0.4, -0.2) is 74.3 Å². The Kier molecular flexibility index (Phi) is 12.6. The van der Waals surface area contributed by atoms with Crippen LogP contribution in [0.4, 0.5) is 4.79 Å². The third-order valence-corrected chi connectivity index (χ3v) is 8.64. The molecule has 1 aliphatic rings. The summed E-state index contributed by atoms with van der Waals surface area (Å²) in [4.78, 5) is 46.7. The number of amides is 3. The number of carbonyl (C=O) groups excluding carboxylic acids is 3. The standard InChI is InChI=1S/C37H51N5O5/c1-26(2)33(35(45)41-19-16-30(17-20-41)42-21-18-38-25-42)40-34(44)29(22-27-12-8-6-9-13-27)24-32(43)31(23-28-14-10-7-11-15-28)39-36(46)47-37(3,4)5/h6-15,18,21,25-26,29-33,43H,16-17,19-20,22-24H2,1-5H3,(H,39,46)(H,40,44)/t29-,31-,32+,33-/m0/s1. The first kappa shape index (κ1) is 35.7. The van der Waals surface area contributed by atoms with E-state index in [1.54, 1.807) is 27.0 Å². The number of alkyl carbamates (subject to hydrolysis) is 1. The molecule has 3 N–H and O–H groups in total. The van der Waals surface area contributed by atoms with Crippen molar-refractivity contribution in [2.75, 3.05) is 13.1 Å². The number of carbonyl (C=O) groups is 3. The highest BCUT2D eigenvalue weighted by molar-refractivity contribution is 5.89. The van der Waals surface area contributed by atoms with E-state index in [1.807, 2.05) is 91.9 Å². The van der Waals surface area contributed by atoms with Crippen molar-refractivity contribution >= 4 is 17.9 Å². The smallest absolute Gasteiger partial charge is 0.407 e. The summed E-state index contributed by atoms with van der Waals surface area (Å²) >= 11 is 0. The number of ether oxygens (including phenoxy) is 1. The van der Waals surface area contributed by atoms with Crippen LogP contribution in [0, 0.1) is 11.8 Å². The Morgan fingerprint density at radius 1 is 0.936 bits per heavy atom. The molecule has 1 aromatic heterocycles. The predicted molar refractivity (Wildman–Crippen MR) is 181 cm³/mol. The molecule has 0 unspecified atom stereocenters. The summed E-state index contributed by atoms with van der Waals surface area (Å²) in [5.41, 5.74) is 1.15. The van der Waals surface area contributed by atoms with Crippen molar-refractivity contribution in [1.82, 2.24) is 25.1 Å². The van der Waals surface area contributed by atoms with Gasteiger partial charge in [-0.15, -0.1) is 0 Å². The second-order valence-electron chi connectivity index (χ2n) is 13.9. The molecule has 0 bridgehead atoms. The van der Waals surface area contributed by atoms with Gasteiger partial charge in [0.2, 0.25) is 11.8 Å². The van der Waals surface area contributed by atoms with Gasteiger partial charge in [0.25, 0.3) is 0 Å². The molecule has 2 heterocycles. The lowest BCUT2D eigenvalue weighted by molar-refractivity contribution is -0.140. The van der Waals surface area contributed by atoms with Crippen molar-refractivity contribution in [2.45, 2.75) is 96.6 Å². The van der Waals surface area contributed by atoms with Crippen LogP contribution in [0.1, 0.15) is 71.0 Å². The van der Waals surface area contributed by atoms with Crippen molar-refractivity contribution in [3.05, 3.63) is 90.5 Å². The molecule has 254 valence electrons. The number of aliphatic hydroxyl groups is 1. The zero-order chi connectivity index (χ0) is 34.0. The SMILES string of the molecule is CC(C)[C@H](NC(=O)[C@@H](Cc1ccccc1)C[C@@H](O)[C@H](Cc1ccccc1)NC(=O)OC(C)(C)C)C(=O)N1CCC(n2ccnc2)CC1. The largest absolute Gasteiger partial charge is 0.444 e. The number of nitrogens with one attached hydrogen (secondary N) is 2. The summed E-state index contributed by atoms with van der Waals surface area (Å²) in [6.07, 6.45) is 6.25. The van der Waals surface area contributed by atoms with E-state index in [-0.39, 0.29) is 24.2 Å². The molecule has 1 aliphatic heterocycles. The molecule has 3 aromatic rings. The number of nitrogens with zero attached hydrogens (tertiary/aromatic N) is 3. The number of benzene rings is 2. The molecular formula is C37H51N5O5. The number of aliphatic hydroxyl groups excluding tert-OH is 1. The minimum absolute atomic E-state index is 0.0727. The fraction of sp³-hybridized carbons (Fsp3) is 0.514. The number of likely N-dealkylation sites (tertiary alicyclic amines) is 1. The van der Waals surface area contributed by atoms with Crippen LogP contribution in [-0.2, 0) is 27.2 Å². The van der Waals surface area contributed by atoms with Gasteiger partial charge in [0.15, 0.2) is 0 Å². The summed E-state index contributed by atoms with van der Waals surface area (Å²) in [6, 6.07) is 18.1. The molecule has 1 saturated heterocycles. The monoisotopic (exact) mass is 645 g/mol. The van der Waals surface area contributed by atoms with E-state index in [9.17, 15) is 19.5 Å². The van der Waals surface area contributed by atoms with Crippen LogP contribution in [0.25, 0.3) is 0 Å². The zero-order valence-electron chi connectivity index (χ0n) is 28.3. The average molecular weight is 646 g/mol. The lowest BCUT2D eigenvalue weighted by atomic mass is 9.88. The minimum Gasteiger partial charge on any atom is -0.444 e. The van der Waals surface area contributed by atoms with Gasteiger partial charge in [-0.3, -0.25) is 9.59 Å². The summed E-state index contributed by atoms with van der Waals surface area (Å²) < 4.78 is 7.60. The molecule has 4 rings (SSSR count). The van der Waals surface area contributed by atoms with E-state index >= 15 is 0 Å². The van der Waals surface area contributed by atoms with Crippen molar-refractivity contribution in [3.63, 3.8) is 0 Å². The molecule has 2 aromatic carbocycles. The highest BCUT2D eigenvalue weighted by Gasteiger charge is 2.35. The van der Waals surface area contributed by atoms with Gasteiger partial charge < -0.3 is 29.9 Å². The Labute approximate surface area is 278 Å². The third kappa shape index (κ3) is 10.9. The molecule has 4 atom stereocenters. The van der Waals surface area contributed by atoms with Gasteiger partial charge in [0.05, 0.1) is 18.5 Å². The quantitative estimate of drug-likeness (QED) is 0.242. The van der Waals surface area contributed by atoms with Crippen LogP contribution >= 0.6 is 0 Å². The summed E-state index contributed by atoms with van der Waals surface area (Å²) in [6.45, 7) is 10.4. The van der Waals surface area contributed by atoms with E-state index in [0.29, 0.717) is 32.0 Å². The van der Waals surface area contributed by atoms with Gasteiger partial charge >= 0.3 is 6.09 Å². The topological polar surface area (TPSA) is 126 Å². The number of hydrogen-bond acceptors (Lipinski definition) is 6. The van der Waals surface area contributed by atoms with E-state index in [1.165, 1.54) is 0 Å². The Morgan fingerprint density at radius 3 is 2.06 bits per heavy atom. The van der Waals surface area contributed by atoms with Crippen LogP contribution in [0.15, 0.2) is 79.4 Å². The van der Waals surface area contributed by atoms with Crippen LogP contribution < -0.4 is 10.6 Å². The highest BCUT2D eigenvalue weighted by atomic mass is 16.6. The van der Waals surface area contributed by atoms with E-state index in [4.69, 9.17) is 4.74 Å². The first-order valence-corrected chi connectivity index (χ1v) is 16.7. The van der Waals surface area contributed by atoms with E-state index in [2.05, 4.69) is 20.2 Å². The van der Waals surface area contributed by atoms with Crippen LogP contribution in [0.5, 0.6) is 0 Å². The number of hydrogen-bond donors (Lipinski definition) is 3. The highest BCUT2D eigenvalue weighted by Crippen LogP contribution is 2.24. The number of imidazole rings is 1. The normalized spacial score (nSPS) is 16.6. The lowest BCUT2D eigenvalue weighted by Gasteiger charge is -2.36. The molecule has 0 aliphatic carbocycles. The Bertz CT molecular complexity index is 1400. The van der Waals surface area contributed by atoms with Crippen LogP contribution in [0.3, 0.4) is 0 Å². The van der Waals surface area contributed by atoms with Gasteiger partial charge in [-0.1, -0.05) is 74.5 Å². The second-order valence-corrected chi connectivity index (χ2v) is 13.9. The van der Waals surface area contributed by atoms with Crippen molar-refractivity contribution < 1.29 is 24.2 Å². The number of piperidine rings is 1. The summed E-state index contributed by atoms with van der Waals surface area (Å²) in [5.74, 6) is -1.19. The predicted octanol–water partition coefficient (Wildman–Crippen LogP) is 4.93. The molecule has 1 fully saturated rings. The molecule has 47 heavy (non-hydrogen) atoms. The number of rotatable bonds is 13. The molecule has 10 heteroatoms. The molecule has 3 amide bonds. The Morgan fingerprint density at radius 2 is 1.53 bits per heavy atom. The van der Waals surface area contributed by atoms with Gasteiger partial charge in [-0.25, -0.2) is 9.78 Å². The lowest BCUT2D eigenvalue weighted by Crippen LogP contribution is -2.54. The average Bonchev–Trinajstić information content (AvgIpc) is 3.58. The fourth-order valence-electron chi connectivity index (χ4n) is 6.10. The molecule has 10 nitrogen and oxygen atoms in total. The zero-order valence-corrected chi connectivity index (χ0v) is 28.3. The maximum Gasteiger partial charge on any atom is 0.407 e. The Balaban J connectivity index is 1.50. The molecule has 0 spiro atoms. The molecular weight excluding hydrogens is 594 g/mol. The summed E-state index contributed by atoms with van der Waals surface area (Å²) in [5, 5.41) is 17.6. The van der Waals surface area contributed by atoms with Gasteiger partial charge in [0.1, 0.15) is 11.6 Å². The maximum atomic E-state index is 14.1. The van der Waals surface area contributed by atoms with Crippen LogP contribution in [0.2, 0.25) is 0 Å². The van der Waals surface area contributed by atoms with Crippen molar-refractivity contribution in [3.8, 4) is 0 Å². The second kappa shape index (κ2) is 16.6. The first-order chi connectivity index (χ1) is 22.4. The van der Waals surface area contributed by atoms with E-state index in [0.717, 1.165) is 24.0 Å². The van der Waals surface area contributed by atoms with Crippen molar-refractivity contribution in [1.29, 1.82) is 0 Å². The van der Waals surface area contributed by atoms with Gasteiger partial charge in [-0.2, -0.15) is 0 Å². The van der Waals surface area contributed by atoms with Crippen molar-refractivity contribution in [2.24, 2.45) is 11.8 Å². The first-order valence-electron chi connectivity index (χ1n) is 16.7. The maximum absolute atomic E-state index is 14.1. The molecule has 0 saturated carbocycles. The molecule has 0 radical (unpaired) electrons. The fourth-order valence-corrected chi connectivity index (χ4v) is 6.10. The summed E-state index contributed by atoms with van der Waals surface area (Å²) in [7, 11) is 0. The van der Waals surface area contributed by atoms with Gasteiger partial charge in [-0.05, 0) is 69.9 Å². The minimum atomic E-state index is -1.07. The number of aromatic nitrogens is 2. The van der Waals surface area contributed by atoms with E-state index < -0.39 is 35.8 Å². The third-order valence-electron chi connectivity index (χ3n) is 8.64.